The van der Waals surface area contributed by atoms with Crippen LogP contribution in [0.15, 0.2) is 84.9 Å². The minimum atomic E-state index is -3.55. The Labute approximate surface area is 146 Å². The van der Waals surface area contributed by atoms with E-state index < -0.39 is 13.3 Å². The van der Waals surface area contributed by atoms with E-state index in [9.17, 15) is 9.36 Å². The average Bonchev–Trinajstić information content (AvgIpc) is 2.69. The predicted octanol–water partition coefficient (Wildman–Crippen LogP) is 3.78. The second-order valence-electron chi connectivity index (χ2n) is 5.33. The summed E-state index contributed by atoms with van der Waals surface area (Å²) in [6.45, 7) is 0. The van der Waals surface area contributed by atoms with Gasteiger partial charge in [0.05, 0.1) is 23.3 Å². The SMILES string of the molecule is COc1ccc(C(=O)OP(=O)(c2ccccc2)c2ccccc2)cc1. The van der Waals surface area contributed by atoms with E-state index >= 15 is 0 Å². The van der Waals surface area contributed by atoms with E-state index in [1.807, 2.05) is 12.1 Å². The standard InChI is InChI=1S/C20H17O4P/c1-23-17-14-12-16(13-15-17)20(21)24-25(22,18-8-4-2-5-9-18)19-10-6-3-7-11-19/h2-15H,1H3. The number of ether oxygens (including phenoxy) is 1. The number of methoxy groups -OCH3 is 1. The van der Waals surface area contributed by atoms with Crippen LogP contribution in [0.1, 0.15) is 10.4 Å². The largest absolute Gasteiger partial charge is 0.497 e. The van der Waals surface area contributed by atoms with Gasteiger partial charge < -0.3 is 9.26 Å². The summed E-state index contributed by atoms with van der Waals surface area (Å²) in [7, 11) is -2.00. The van der Waals surface area contributed by atoms with Gasteiger partial charge in [-0.2, -0.15) is 0 Å². The van der Waals surface area contributed by atoms with Crippen molar-refractivity contribution in [1.82, 2.24) is 0 Å². The molecule has 25 heavy (non-hydrogen) atoms. The van der Waals surface area contributed by atoms with E-state index in [1.165, 1.54) is 0 Å². The van der Waals surface area contributed by atoms with E-state index in [2.05, 4.69) is 0 Å². The highest BCUT2D eigenvalue weighted by Crippen LogP contribution is 2.45. The van der Waals surface area contributed by atoms with Crippen LogP contribution in [0.3, 0.4) is 0 Å². The summed E-state index contributed by atoms with van der Waals surface area (Å²) >= 11 is 0. The Morgan fingerprint density at radius 3 is 1.68 bits per heavy atom. The Balaban J connectivity index is 1.98. The Morgan fingerprint density at radius 1 is 0.760 bits per heavy atom. The average molecular weight is 352 g/mol. The number of carbonyl (C=O) groups excluding carboxylic acids is 1. The van der Waals surface area contributed by atoms with E-state index in [4.69, 9.17) is 9.26 Å². The maximum Gasteiger partial charge on any atom is 0.343 e. The molecule has 3 aromatic rings. The Kier molecular flexibility index (Phi) is 5.01. The van der Waals surface area contributed by atoms with Crippen molar-refractivity contribution in [2.24, 2.45) is 0 Å². The summed E-state index contributed by atoms with van der Waals surface area (Å²) < 4.78 is 24.3. The van der Waals surface area contributed by atoms with Crippen LogP contribution in [0, 0.1) is 0 Å². The van der Waals surface area contributed by atoms with Gasteiger partial charge in [0.25, 0.3) is 0 Å². The minimum Gasteiger partial charge on any atom is -0.497 e. The number of benzene rings is 3. The Bertz CT molecular complexity index is 846. The highest BCUT2D eigenvalue weighted by Gasteiger charge is 2.32. The predicted molar refractivity (Wildman–Crippen MR) is 98.2 cm³/mol. The lowest BCUT2D eigenvalue weighted by atomic mass is 10.2. The van der Waals surface area contributed by atoms with E-state index in [0.29, 0.717) is 21.9 Å². The van der Waals surface area contributed by atoms with Crippen LogP contribution in [0.4, 0.5) is 0 Å². The van der Waals surface area contributed by atoms with E-state index in [-0.39, 0.29) is 0 Å². The molecule has 3 aromatic carbocycles. The first-order valence-corrected chi connectivity index (χ1v) is 9.35. The molecule has 3 rings (SSSR count). The lowest BCUT2D eigenvalue weighted by Crippen LogP contribution is -2.20. The summed E-state index contributed by atoms with van der Waals surface area (Å²) in [5, 5.41) is 0.950. The first-order chi connectivity index (χ1) is 12.1. The first kappa shape index (κ1) is 17.0. The highest BCUT2D eigenvalue weighted by atomic mass is 31.2. The van der Waals surface area contributed by atoms with Crippen molar-refractivity contribution >= 4 is 23.9 Å². The molecule has 0 fully saturated rings. The third-order valence-corrected chi connectivity index (χ3v) is 6.11. The quantitative estimate of drug-likeness (QED) is 0.656. The van der Waals surface area contributed by atoms with Gasteiger partial charge in [0, 0.05) is 0 Å². The molecule has 0 aromatic heterocycles. The smallest absolute Gasteiger partial charge is 0.343 e. The Morgan fingerprint density at radius 2 is 1.24 bits per heavy atom. The zero-order valence-corrected chi connectivity index (χ0v) is 14.6. The molecule has 5 heteroatoms. The molecule has 0 atom stereocenters. The molecule has 0 unspecified atom stereocenters. The van der Waals surface area contributed by atoms with Crippen LogP contribution >= 0.6 is 7.37 Å². The molecular formula is C20H17O4P. The van der Waals surface area contributed by atoms with E-state index in [0.717, 1.165) is 0 Å². The maximum atomic E-state index is 13.7. The summed E-state index contributed by atoms with van der Waals surface area (Å²) in [6, 6.07) is 24.0. The van der Waals surface area contributed by atoms with Crippen molar-refractivity contribution in [2.75, 3.05) is 7.11 Å². The highest BCUT2D eigenvalue weighted by molar-refractivity contribution is 7.74. The third-order valence-electron chi connectivity index (χ3n) is 3.73. The number of hydrogen-bond acceptors (Lipinski definition) is 4. The second kappa shape index (κ2) is 7.37. The number of rotatable bonds is 5. The summed E-state index contributed by atoms with van der Waals surface area (Å²) in [5.41, 5.74) is 0.313. The molecule has 0 radical (unpaired) electrons. The lowest BCUT2D eigenvalue weighted by molar-refractivity contribution is 0.0747. The fraction of sp³-hybridized carbons (Fsp3) is 0.0500. The van der Waals surface area contributed by atoms with E-state index in [1.54, 1.807) is 79.9 Å². The molecule has 0 aliphatic heterocycles. The van der Waals surface area contributed by atoms with Crippen molar-refractivity contribution in [1.29, 1.82) is 0 Å². The molecule has 0 aliphatic carbocycles. The van der Waals surface area contributed by atoms with Gasteiger partial charge in [0.2, 0.25) is 0 Å². The van der Waals surface area contributed by atoms with Crippen molar-refractivity contribution < 1.29 is 18.6 Å². The van der Waals surface area contributed by atoms with Gasteiger partial charge in [-0.05, 0) is 48.5 Å². The van der Waals surface area contributed by atoms with Crippen LogP contribution < -0.4 is 15.3 Å². The van der Waals surface area contributed by atoms with Crippen LogP contribution in [0.25, 0.3) is 0 Å². The lowest BCUT2D eigenvalue weighted by Gasteiger charge is -2.19. The van der Waals surface area contributed by atoms with Crippen LogP contribution in [0.2, 0.25) is 0 Å². The molecule has 0 heterocycles. The van der Waals surface area contributed by atoms with Crippen molar-refractivity contribution in [3.05, 3.63) is 90.5 Å². The molecule has 4 nitrogen and oxygen atoms in total. The monoisotopic (exact) mass is 352 g/mol. The molecule has 0 aliphatic rings. The number of carbonyl (C=O) groups is 1. The van der Waals surface area contributed by atoms with Gasteiger partial charge >= 0.3 is 13.3 Å². The van der Waals surface area contributed by atoms with Gasteiger partial charge in [-0.1, -0.05) is 36.4 Å². The fourth-order valence-electron chi connectivity index (χ4n) is 2.40. The van der Waals surface area contributed by atoms with Crippen molar-refractivity contribution in [3.63, 3.8) is 0 Å². The van der Waals surface area contributed by atoms with Crippen molar-refractivity contribution in [2.45, 2.75) is 0 Å². The molecule has 0 saturated heterocycles. The minimum absolute atomic E-state index is 0.313. The summed E-state index contributed by atoms with van der Waals surface area (Å²) in [5.74, 6) is -0.00968. The van der Waals surface area contributed by atoms with Crippen LogP contribution in [-0.4, -0.2) is 13.1 Å². The zero-order valence-electron chi connectivity index (χ0n) is 13.7. The topological polar surface area (TPSA) is 52.6 Å². The van der Waals surface area contributed by atoms with Gasteiger partial charge in [-0.15, -0.1) is 0 Å². The van der Waals surface area contributed by atoms with Gasteiger partial charge in [-0.25, -0.2) is 4.79 Å². The van der Waals surface area contributed by atoms with Gasteiger partial charge in [0.1, 0.15) is 5.75 Å². The van der Waals surface area contributed by atoms with Crippen molar-refractivity contribution in [3.8, 4) is 5.75 Å². The van der Waals surface area contributed by atoms with Gasteiger partial charge in [0.15, 0.2) is 0 Å². The zero-order chi connectivity index (χ0) is 17.7. The molecule has 126 valence electrons. The third kappa shape index (κ3) is 3.65. The summed E-state index contributed by atoms with van der Waals surface area (Å²) in [6.07, 6.45) is 0. The number of hydrogen-bond donors (Lipinski definition) is 0. The molecular weight excluding hydrogens is 335 g/mol. The fourth-order valence-corrected chi connectivity index (χ4v) is 4.38. The van der Waals surface area contributed by atoms with Crippen LogP contribution in [0.5, 0.6) is 5.75 Å². The Hall–Kier alpha value is -2.84. The van der Waals surface area contributed by atoms with Gasteiger partial charge in [-0.3, -0.25) is 4.57 Å². The molecule has 0 N–H and O–H groups in total. The first-order valence-electron chi connectivity index (χ1n) is 7.73. The maximum absolute atomic E-state index is 13.7. The molecule has 0 amide bonds. The second-order valence-corrected chi connectivity index (χ2v) is 7.65. The molecule has 0 bridgehead atoms. The molecule has 0 spiro atoms. The summed E-state index contributed by atoms with van der Waals surface area (Å²) in [4.78, 5) is 12.6. The van der Waals surface area contributed by atoms with Crippen LogP contribution in [-0.2, 0) is 9.09 Å². The molecule has 0 saturated carbocycles. The normalized spacial score (nSPS) is 10.9.